The molecule has 3 heteroatoms. The maximum absolute atomic E-state index is 9.27. The van der Waals surface area contributed by atoms with Crippen molar-refractivity contribution in [3.05, 3.63) is 0 Å². The Bertz CT molecular complexity index is 168. The molecule has 0 saturated heterocycles. The zero-order valence-corrected chi connectivity index (χ0v) is 10.5. The van der Waals surface area contributed by atoms with E-state index in [-0.39, 0.29) is 24.0 Å². The molecule has 0 aliphatic carbocycles. The first-order valence-electron chi connectivity index (χ1n) is 5.68. The highest BCUT2D eigenvalue weighted by Crippen LogP contribution is 2.24. The average Bonchev–Trinajstić information content (AvgIpc) is 2.18. The standard InChI is InChI=1S/C12H26O3/c1-5-6-12(4,8-14)10-15-9-11(2,3)7-13/h13-14H,5-10H2,1-4H3. The van der Waals surface area contributed by atoms with Gasteiger partial charge in [0.1, 0.15) is 0 Å². The summed E-state index contributed by atoms with van der Waals surface area (Å²) in [6, 6.07) is 0. The molecule has 2 N–H and O–H groups in total. The molecule has 0 fully saturated rings. The molecule has 0 aliphatic rings. The quantitative estimate of drug-likeness (QED) is 0.653. The van der Waals surface area contributed by atoms with Crippen LogP contribution in [0.15, 0.2) is 0 Å². The molecular formula is C12H26O3. The fraction of sp³-hybridized carbons (Fsp3) is 1.00. The Kier molecular flexibility index (Phi) is 6.41. The van der Waals surface area contributed by atoms with Gasteiger partial charge in [-0.1, -0.05) is 34.1 Å². The van der Waals surface area contributed by atoms with Crippen molar-refractivity contribution in [2.45, 2.75) is 40.5 Å². The summed E-state index contributed by atoms with van der Waals surface area (Å²) in [4.78, 5) is 0. The SMILES string of the molecule is CCCC(C)(CO)COCC(C)(C)CO. The molecule has 0 aromatic carbocycles. The first kappa shape index (κ1) is 14.9. The minimum atomic E-state index is -0.192. The van der Waals surface area contributed by atoms with E-state index in [1.165, 1.54) is 0 Å². The maximum atomic E-state index is 9.27. The van der Waals surface area contributed by atoms with E-state index in [1.807, 2.05) is 20.8 Å². The lowest BCUT2D eigenvalue weighted by Crippen LogP contribution is -2.31. The monoisotopic (exact) mass is 218 g/mol. The van der Waals surface area contributed by atoms with Crippen LogP contribution in [-0.2, 0) is 4.74 Å². The number of hydrogen-bond donors (Lipinski definition) is 2. The Morgan fingerprint density at radius 2 is 1.60 bits per heavy atom. The molecule has 15 heavy (non-hydrogen) atoms. The summed E-state index contributed by atoms with van der Waals surface area (Å²) in [6.07, 6.45) is 2.01. The van der Waals surface area contributed by atoms with Crippen LogP contribution in [0.3, 0.4) is 0 Å². The molecular weight excluding hydrogens is 192 g/mol. The minimum Gasteiger partial charge on any atom is -0.396 e. The van der Waals surface area contributed by atoms with Crippen molar-refractivity contribution >= 4 is 0 Å². The minimum absolute atomic E-state index is 0.122. The van der Waals surface area contributed by atoms with Crippen molar-refractivity contribution in [3.8, 4) is 0 Å². The number of hydrogen-bond acceptors (Lipinski definition) is 3. The Hall–Kier alpha value is -0.120. The van der Waals surface area contributed by atoms with Crippen molar-refractivity contribution in [2.75, 3.05) is 26.4 Å². The third kappa shape index (κ3) is 6.13. The van der Waals surface area contributed by atoms with E-state index in [9.17, 15) is 5.11 Å². The van der Waals surface area contributed by atoms with E-state index in [2.05, 4.69) is 6.92 Å². The normalized spacial score (nSPS) is 16.4. The zero-order valence-electron chi connectivity index (χ0n) is 10.5. The largest absolute Gasteiger partial charge is 0.396 e. The predicted molar refractivity (Wildman–Crippen MR) is 61.8 cm³/mol. The fourth-order valence-electron chi connectivity index (χ4n) is 1.42. The van der Waals surface area contributed by atoms with Crippen LogP contribution in [-0.4, -0.2) is 36.6 Å². The molecule has 0 aromatic rings. The van der Waals surface area contributed by atoms with Gasteiger partial charge in [0.05, 0.1) is 26.4 Å². The molecule has 92 valence electrons. The third-order valence-corrected chi connectivity index (χ3v) is 2.61. The van der Waals surface area contributed by atoms with Gasteiger partial charge in [0.2, 0.25) is 0 Å². The van der Waals surface area contributed by atoms with Gasteiger partial charge in [0, 0.05) is 10.8 Å². The summed E-state index contributed by atoms with van der Waals surface area (Å²) in [5, 5.41) is 18.3. The van der Waals surface area contributed by atoms with Gasteiger partial charge in [0.15, 0.2) is 0 Å². The second-order valence-electron chi connectivity index (χ2n) is 5.53. The summed E-state index contributed by atoms with van der Waals surface area (Å²) in [6.45, 7) is 9.42. The lowest BCUT2D eigenvalue weighted by atomic mass is 9.87. The van der Waals surface area contributed by atoms with Crippen LogP contribution in [0.4, 0.5) is 0 Å². The topological polar surface area (TPSA) is 49.7 Å². The average molecular weight is 218 g/mol. The van der Waals surface area contributed by atoms with E-state index in [4.69, 9.17) is 9.84 Å². The highest BCUT2D eigenvalue weighted by molar-refractivity contribution is 4.73. The van der Waals surface area contributed by atoms with Crippen molar-refractivity contribution < 1.29 is 14.9 Å². The summed E-state index contributed by atoms with van der Waals surface area (Å²) in [7, 11) is 0. The molecule has 0 bridgehead atoms. The molecule has 0 rings (SSSR count). The Morgan fingerprint density at radius 1 is 1.00 bits per heavy atom. The molecule has 0 spiro atoms. The number of aliphatic hydroxyl groups is 2. The Labute approximate surface area is 93.5 Å². The van der Waals surface area contributed by atoms with Gasteiger partial charge in [-0.15, -0.1) is 0 Å². The molecule has 1 unspecified atom stereocenters. The van der Waals surface area contributed by atoms with Crippen molar-refractivity contribution in [3.63, 3.8) is 0 Å². The Morgan fingerprint density at radius 3 is 2.00 bits per heavy atom. The second kappa shape index (κ2) is 6.46. The van der Waals surface area contributed by atoms with E-state index in [0.717, 1.165) is 12.8 Å². The van der Waals surface area contributed by atoms with Crippen LogP contribution in [0.25, 0.3) is 0 Å². The molecule has 0 radical (unpaired) electrons. The smallest absolute Gasteiger partial charge is 0.0542 e. The van der Waals surface area contributed by atoms with Gasteiger partial charge in [-0.2, -0.15) is 0 Å². The Balaban J connectivity index is 3.91. The van der Waals surface area contributed by atoms with Crippen LogP contribution >= 0.6 is 0 Å². The van der Waals surface area contributed by atoms with Gasteiger partial charge in [-0.25, -0.2) is 0 Å². The van der Waals surface area contributed by atoms with Crippen molar-refractivity contribution in [1.82, 2.24) is 0 Å². The molecule has 0 aromatic heterocycles. The molecule has 0 aliphatic heterocycles. The first-order valence-corrected chi connectivity index (χ1v) is 5.68. The lowest BCUT2D eigenvalue weighted by Gasteiger charge is -2.29. The van der Waals surface area contributed by atoms with Crippen LogP contribution in [0.5, 0.6) is 0 Å². The highest BCUT2D eigenvalue weighted by Gasteiger charge is 2.24. The van der Waals surface area contributed by atoms with E-state index < -0.39 is 0 Å². The number of rotatable bonds is 8. The zero-order chi connectivity index (χ0) is 11.9. The van der Waals surface area contributed by atoms with Crippen LogP contribution in [0.1, 0.15) is 40.5 Å². The molecule has 3 nitrogen and oxygen atoms in total. The first-order chi connectivity index (χ1) is 6.89. The van der Waals surface area contributed by atoms with Gasteiger partial charge >= 0.3 is 0 Å². The van der Waals surface area contributed by atoms with Crippen LogP contribution in [0, 0.1) is 10.8 Å². The fourth-order valence-corrected chi connectivity index (χ4v) is 1.42. The van der Waals surface area contributed by atoms with Gasteiger partial charge < -0.3 is 14.9 Å². The van der Waals surface area contributed by atoms with Crippen molar-refractivity contribution in [1.29, 1.82) is 0 Å². The summed E-state index contributed by atoms with van der Waals surface area (Å²) in [5.41, 5.74) is -0.330. The number of aliphatic hydroxyl groups excluding tert-OH is 2. The summed E-state index contributed by atoms with van der Waals surface area (Å²) >= 11 is 0. The van der Waals surface area contributed by atoms with Crippen LogP contribution in [0.2, 0.25) is 0 Å². The molecule has 0 saturated carbocycles. The van der Waals surface area contributed by atoms with E-state index in [1.54, 1.807) is 0 Å². The third-order valence-electron chi connectivity index (χ3n) is 2.61. The maximum Gasteiger partial charge on any atom is 0.0542 e. The number of ether oxygens (including phenoxy) is 1. The highest BCUT2D eigenvalue weighted by atomic mass is 16.5. The molecule has 0 amide bonds. The van der Waals surface area contributed by atoms with Gasteiger partial charge in [-0.05, 0) is 6.42 Å². The summed E-state index contributed by atoms with van der Waals surface area (Å²) in [5.74, 6) is 0. The van der Waals surface area contributed by atoms with Crippen molar-refractivity contribution in [2.24, 2.45) is 10.8 Å². The predicted octanol–water partition coefficient (Wildman–Crippen LogP) is 1.82. The van der Waals surface area contributed by atoms with Gasteiger partial charge in [-0.3, -0.25) is 0 Å². The second-order valence-corrected chi connectivity index (χ2v) is 5.53. The lowest BCUT2D eigenvalue weighted by molar-refractivity contribution is -0.0302. The van der Waals surface area contributed by atoms with E-state index >= 15 is 0 Å². The van der Waals surface area contributed by atoms with Crippen LogP contribution < -0.4 is 0 Å². The van der Waals surface area contributed by atoms with E-state index in [0.29, 0.717) is 13.2 Å². The molecule has 0 heterocycles. The van der Waals surface area contributed by atoms with Gasteiger partial charge in [0.25, 0.3) is 0 Å². The summed E-state index contributed by atoms with van der Waals surface area (Å²) < 4.78 is 5.58. The molecule has 1 atom stereocenters.